The number of hydrogen-bond acceptors (Lipinski definition) is 3. The van der Waals surface area contributed by atoms with Crippen molar-refractivity contribution in [2.75, 3.05) is 18.6 Å². The molecule has 1 aliphatic heterocycles. The topological polar surface area (TPSA) is 49.4 Å². The lowest BCUT2D eigenvalue weighted by Crippen LogP contribution is -2.40. The third-order valence-corrected chi connectivity index (χ3v) is 3.76. The predicted molar refractivity (Wildman–Crippen MR) is 55.0 cm³/mol. The summed E-state index contributed by atoms with van der Waals surface area (Å²) in [6, 6.07) is 4.84. The SMILES string of the molecule is CN1CNS(=O)(=O)c2cc(Cl)ccc21. The molecule has 1 aromatic rings. The zero-order chi connectivity index (χ0) is 10.3. The van der Waals surface area contributed by atoms with Crippen molar-refractivity contribution in [3.05, 3.63) is 23.2 Å². The van der Waals surface area contributed by atoms with E-state index >= 15 is 0 Å². The van der Waals surface area contributed by atoms with Crippen LogP contribution in [0.5, 0.6) is 0 Å². The highest BCUT2D eigenvalue weighted by Gasteiger charge is 2.25. The van der Waals surface area contributed by atoms with Crippen molar-refractivity contribution in [3.63, 3.8) is 0 Å². The molecule has 0 aliphatic carbocycles. The molecule has 0 saturated carbocycles. The Morgan fingerprint density at radius 2 is 2.21 bits per heavy atom. The maximum absolute atomic E-state index is 11.6. The molecule has 0 radical (unpaired) electrons. The lowest BCUT2D eigenvalue weighted by Gasteiger charge is -2.27. The second-order valence-corrected chi connectivity index (χ2v) is 5.29. The van der Waals surface area contributed by atoms with Crippen molar-refractivity contribution >= 4 is 27.3 Å². The van der Waals surface area contributed by atoms with Crippen LogP contribution in [0.1, 0.15) is 0 Å². The van der Waals surface area contributed by atoms with Crippen LogP contribution < -0.4 is 9.62 Å². The van der Waals surface area contributed by atoms with E-state index in [1.54, 1.807) is 12.1 Å². The van der Waals surface area contributed by atoms with Crippen LogP contribution in [0.2, 0.25) is 5.02 Å². The van der Waals surface area contributed by atoms with E-state index in [2.05, 4.69) is 4.72 Å². The molecule has 1 aliphatic rings. The molecule has 1 aromatic carbocycles. The normalized spacial score (nSPS) is 19.1. The largest absolute Gasteiger partial charge is 0.360 e. The van der Waals surface area contributed by atoms with Gasteiger partial charge in [-0.1, -0.05) is 11.6 Å². The molecule has 6 heteroatoms. The summed E-state index contributed by atoms with van der Waals surface area (Å²) in [6.45, 7) is 0.289. The first kappa shape index (κ1) is 9.76. The van der Waals surface area contributed by atoms with E-state index in [0.29, 0.717) is 10.7 Å². The van der Waals surface area contributed by atoms with Gasteiger partial charge in [-0.3, -0.25) is 0 Å². The Morgan fingerprint density at radius 3 is 2.93 bits per heavy atom. The van der Waals surface area contributed by atoms with Crippen molar-refractivity contribution in [1.82, 2.24) is 4.72 Å². The number of fused-ring (bicyclic) bond motifs is 1. The van der Waals surface area contributed by atoms with Crippen LogP contribution in [-0.2, 0) is 10.0 Å². The molecule has 1 N–H and O–H groups in total. The van der Waals surface area contributed by atoms with Crippen LogP contribution in [0.25, 0.3) is 0 Å². The van der Waals surface area contributed by atoms with Gasteiger partial charge in [-0.2, -0.15) is 4.72 Å². The number of anilines is 1. The highest BCUT2D eigenvalue weighted by Crippen LogP contribution is 2.29. The Hall–Kier alpha value is -0.780. The van der Waals surface area contributed by atoms with Crippen LogP contribution >= 0.6 is 11.6 Å². The molecule has 0 aromatic heterocycles. The monoisotopic (exact) mass is 232 g/mol. The summed E-state index contributed by atoms with van der Waals surface area (Å²) >= 11 is 5.74. The lowest BCUT2D eigenvalue weighted by atomic mass is 10.3. The van der Waals surface area contributed by atoms with E-state index in [-0.39, 0.29) is 11.6 Å². The quantitative estimate of drug-likeness (QED) is 0.727. The van der Waals surface area contributed by atoms with Crippen LogP contribution in [0.3, 0.4) is 0 Å². The van der Waals surface area contributed by atoms with E-state index in [0.717, 1.165) is 0 Å². The standard InChI is InChI=1S/C8H9ClN2O2S/c1-11-5-10-14(12,13)8-4-6(9)2-3-7(8)11/h2-4,10H,5H2,1H3. The third-order valence-electron chi connectivity index (χ3n) is 2.11. The number of halogens is 1. The van der Waals surface area contributed by atoms with Gasteiger partial charge < -0.3 is 4.90 Å². The highest BCUT2D eigenvalue weighted by atomic mass is 35.5. The molecule has 14 heavy (non-hydrogen) atoms. The number of benzene rings is 1. The van der Waals surface area contributed by atoms with Gasteiger partial charge in [0.2, 0.25) is 10.0 Å². The van der Waals surface area contributed by atoms with Gasteiger partial charge >= 0.3 is 0 Å². The second kappa shape index (κ2) is 3.12. The van der Waals surface area contributed by atoms with Gasteiger partial charge in [-0.15, -0.1) is 0 Å². The van der Waals surface area contributed by atoms with Gasteiger partial charge in [0.05, 0.1) is 12.4 Å². The smallest absolute Gasteiger partial charge is 0.244 e. The molecular weight excluding hydrogens is 224 g/mol. The first-order chi connectivity index (χ1) is 6.50. The van der Waals surface area contributed by atoms with Crippen LogP contribution in [0, 0.1) is 0 Å². The van der Waals surface area contributed by atoms with Gasteiger partial charge in [0.1, 0.15) is 4.90 Å². The molecule has 0 amide bonds. The molecule has 0 unspecified atom stereocenters. The minimum Gasteiger partial charge on any atom is -0.360 e. The van der Waals surface area contributed by atoms with Crippen LogP contribution in [0.4, 0.5) is 5.69 Å². The number of hydrogen-bond donors (Lipinski definition) is 1. The third kappa shape index (κ3) is 1.47. The van der Waals surface area contributed by atoms with E-state index in [4.69, 9.17) is 11.6 Å². The molecule has 0 atom stereocenters. The van der Waals surface area contributed by atoms with Crippen LogP contribution in [-0.4, -0.2) is 22.1 Å². The molecule has 4 nitrogen and oxygen atoms in total. The summed E-state index contributed by atoms with van der Waals surface area (Å²) in [5, 5.41) is 0.421. The van der Waals surface area contributed by atoms with E-state index in [1.165, 1.54) is 6.07 Å². The molecular formula is C8H9ClN2O2S. The Kier molecular flexibility index (Phi) is 2.17. The maximum atomic E-state index is 11.6. The maximum Gasteiger partial charge on any atom is 0.244 e. The zero-order valence-corrected chi connectivity index (χ0v) is 9.06. The van der Waals surface area contributed by atoms with Crippen LogP contribution in [0.15, 0.2) is 23.1 Å². The Bertz CT molecular complexity index is 472. The summed E-state index contributed by atoms with van der Waals surface area (Å²) in [6.07, 6.45) is 0. The molecule has 0 spiro atoms. The Balaban J connectivity index is 2.70. The second-order valence-electron chi connectivity index (χ2n) is 3.12. The van der Waals surface area contributed by atoms with Gasteiger partial charge in [-0.25, -0.2) is 8.42 Å². The number of sulfonamides is 1. The fourth-order valence-electron chi connectivity index (χ4n) is 1.36. The Morgan fingerprint density at radius 1 is 1.50 bits per heavy atom. The molecule has 0 fully saturated rings. The van der Waals surface area contributed by atoms with Crippen molar-refractivity contribution in [3.8, 4) is 0 Å². The van der Waals surface area contributed by atoms with Gasteiger partial charge in [-0.05, 0) is 18.2 Å². The average Bonchev–Trinajstić information content (AvgIpc) is 2.12. The Labute approximate surface area is 87.5 Å². The van der Waals surface area contributed by atoms with E-state index in [9.17, 15) is 8.42 Å². The summed E-state index contributed by atoms with van der Waals surface area (Å²) in [5.41, 5.74) is 0.674. The summed E-state index contributed by atoms with van der Waals surface area (Å²) < 4.78 is 25.6. The molecule has 76 valence electrons. The fraction of sp³-hybridized carbons (Fsp3) is 0.250. The number of rotatable bonds is 0. The molecule has 0 bridgehead atoms. The van der Waals surface area contributed by atoms with Crippen molar-refractivity contribution in [1.29, 1.82) is 0 Å². The highest BCUT2D eigenvalue weighted by molar-refractivity contribution is 7.89. The summed E-state index contributed by atoms with van der Waals surface area (Å²) in [4.78, 5) is 2.05. The van der Waals surface area contributed by atoms with E-state index in [1.807, 2.05) is 11.9 Å². The van der Waals surface area contributed by atoms with Gasteiger partial charge in [0.25, 0.3) is 0 Å². The van der Waals surface area contributed by atoms with Crippen molar-refractivity contribution < 1.29 is 8.42 Å². The molecule has 1 heterocycles. The zero-order valence-electron chi connectivity index (χ0n) is 7.49. The summed E-state index contributed by atoms with van der Waals surface area (Å²) in [7, 11) is -1.56. The first-order valence-electron chi connectivity index (χ1n) is 4.01. The minimum absolute atomic E-state index is 0.235. The predicted octanol–water partition coefficient (Wildman–Crippen LogP) is 1.03. The fourth-order valence-corrected chi connectivity index (χ4v) is 2.90. The lowest BCUT2D eigenvalue weighted by molar-refractivity contribution is 0.575. The number of nitrogens with one attached hydrogen (secondary N) is 1. The van der Waals surface area contributed by atoms with E-state index < -0.39 is 10.0 Å². The molecule has 0 saturated heterocycles. The van der Waals surface area contributed by atoms with Crippen molar-refractivity contribution in [2.45, 2.75) is 4.90 Å². The molecule has 2 rings (SSSR count). The van der Waals surface area contributed by atoms with Gasteiger partial charge in [0.15, 0.2) is 0 Å². The first-order valence-corrected chi connectivity index (χ1v) is 5.87. The van der Waals surface area contributed by atoms with Gasteiger partial charge in [0, 0.05) is 12.1 Å². The summed E-state index contributed by atoms with van der Waals surface area (Å²) in [5.74, 6) is 0. The minimum atomic E-state index is -3.37. The average molecular weight is 233 g/mol. The van der Waals surface area contributed by atoms with Crippen molar-refractivity contribution in [2.24, 2.45) is 0 Å². The number of nitrogens with zero attached hydrogens (tertiary/aromatic N) is 1.